The van der Waals surface area contributed by atoms with Gasteiger partial charge in [-0.25, -0.2) is 9.78 Å². The van der Waals surface area contributed by atoms with Gasteiger partial charge >= 0.3 is 12.3 Å². The van der Waals surface area contributed by atoms with Crippen molar-refractivity contribution in [2.24, 2.45) is 11.8 Å². The molecule has 2 aliphatic heterocycles. The number of halogens is 3. The molecule has 0 spiro atoms. The average Bonchev–Trinajstić information content (AvgIpc) is 3.56. The fraction of sp³-hybridized carbons (Fsp3) is 0.586. The van der Waals surface area contributed by atoms with Crippen molar-refractivity contribution in [3.05, 3.63) is 53.8 Å². The summed E-state index contributed by atoms with van der Waals surface area (Å²) < 4.78 is 54.7. The smallest absolute Gasteiger partial charge is 0.460 e. The Morgan fingerprint density at radius 1 is 1.21 bits per heavy atom. The second kappa shape index (κ2) is 14.6. The van der Waals surface area contributed by atoms with E-state index in [0.29, 0.717) is 18.4 Å². The Bertz CT molecular complexity index is 1190. The number of hydrogen-bond donors (Lipinski definition) is 2. The van der Waals surface area contributed by atoms with Crippen LogP contribution in [0.3, 0.4) is 0 Å². The number of hydrogen-bond acceptors (Lipinski definition) is 8. The van der Waals surface area contributed by atoms with Crippen LogP contribution in [0.25, 0.3) is 0 Å². The highest BCUT2D eigenvalue weighted by molar-refractivity contribution is 5.95. The number of allylic oxidation sites excluding steroid dienone is 2. The number of oxazole rings is 1. The van der Waals surface area contributed by atoms with Crippen LogP contribution in [-0.4, -0.2) is 76.6 Å². The standard InChI is InChI=1S/C29H38F3N3O7/c1-17(2)26-19(4)9-10-24(37)33-11-5-7-18(3)13-20(36)14-21(42-29(30,31)32)15-25-34-22(16-40-25)27(38)35-12-6-8-23(35)28(39)41-26/h5,7,9-10,13,16-17,19-21,23,26,36H,6,8,11-12,14-15H2,1-4H3,(H,33,37)/b7-5?,10-9+,18-13?/t19-,20-,21+,23-,26-/m1/s1. The van der Waals surface area contributed by atoms with Crippen LogP contribution >= 0.6 is 0 Å². The van der Waals surface area contributed by atoms with E-state index in [1.807, 2.05) is 20.8 Å². The summed E-state index contributed by atoms with van der Waals surface area (Å²) in [6.45, 7) is 7.67. The minimum absolute atomic E-state index is 0.0882. The van der Waals surface area contributed by atoms with E-state index < -0.39 is 55.4 Å². The topological polar surface area (TPSA) is 131 Å². The number of amides is 2. The maximum absolute atomic E-state index is 13.3. The summed E-state index contributed by atoms with van der Waals surface area (Å²) in [6, 6.07) is -0.877. The van der Waals surface area contributed by atoms with Gasteiger partial charge < -0.3 is 24.5 Å². The zero-order valence-corrected chi connectivity index (χ0v) is 24.1. The molecule has 13 heteroatoms. The number of cyclic esters (lactones) is 1. The molecule has 0 radical (unpaired) electrons. The van der Waals surface area contributed by atoms with E-state index in [0.717, 1.165) is 6.26 Å². The number of ether oxygens (including phenoxy) is 2. The third kappa shape index (κ3) is 9.83. The van der Waals surface area contributed by atoms with Gasteiger partial charge in [0.2, 0.25) is 5.91 Å². The lowest BCUT2D eigenvalue weighted by atomic mass is 9.94. The summed E-state index contributed by atoms with van der Waals surface area (Å²) in [4.78, 5) is 44.2. The molecule has 10 nitrogen and oxygen atoms in total. The van der Waals surface area contributed by atoms with E-state index in [2.05, 4.69) is 15.0 Å². The van der Waals surface area contributed by atoms with Crippen molar-refractivity contribution in [3.63, 3.8) is 0 Å². The summed E-state index contributed by atoms with van der Waals surface area (Å²) in [5, 5.41) is 13.1. The monoisotopic (exact) mass is 597 g/mol. The molecule has 1 fully saturated rings. The second-order valence-electron chi connectivity index (χ2n) is 10.9. The Morgan fingerprint density at radius 2 is 1.95 bits per heavy atom. The van der Waals surface area contributed by atoms with Crippen LogP contribution in [0.5, 0.6) is 0 Å². The lowest BCUT2D eigenvalue weighted by Crippen LogP contribution is -2.44. The van der Waals surface area contributed by atoms with Crippen LogP contribution in [0, 0.1) is 11.8 Å². The van der Waals surface area contributed by atoms with Crippen LogP contribution in [0.1, 0.15) is 63.3 Å². The molecule has 2 aliphatic rings. The maximum Gasteiger partial charge on any atom is 0.522 e. The van der Waals surface area contributed by atoms with Gasteiger partial charge in [0, 0.05) is 25.4 Å². The molecule has 1 aromatic rings. The van der Waals surface area contributed by atoms with Gasteiger partial charge in [0.05, 0.1) is 18.6 Å². The van der Waals surface area contributed by atoms with Crippen LogP contribution in [0.4, 0.5) is 13.2 Å². The molecule has 5 atom stereocenters. The largest absolute Gasteiger partial charge is 0.522 e. The maximum atomic E-state index is 13.3. The number of rotatable bonds is 2. The molecule has 232 valence electrons. The minimum atomic E-state index is -4.99. The highest BCUT2D eigenvalue weighted by Gasteiger charge is 2.39. The SMILES string of the molecule is CC1=C[C@@H](O)C[C@H](OC(F)(F)F)Cc2nc(co2)C(=O)N2CCC[C@@H]2C(=O)O[C@H](C(C)C)[C@H](C)/C=C/C(=O)NCC=C1. The van der Waals surface area contributed by atoms with Crippen LogP contribution in [-0.2, 0) is 25.5 Å². The number of alkyl halides is 3. The van der Waals surface area contributed by atoms with Crippen molar-refractivity contribution in [3.8, 4) is 0 Å². The van der Waals surface area contributed by atoms with Crippen molar-refractivity contribution < 1.29 is 46.6 Å². The van der Waals surface area contributed by atoms with Gasteiger partial charge in [-0.1, -0.05) is 50.6 Å². The number of nitrogens with one attached hydrogen (secondary N) is 1. The van der Waals surface area contributed by atoms with Crippen LogP contribution in [0.15, 0.2) is 46.6 Å². The Kier molecular flexibility index (Phi) is 11.5. The number of carbonyl (C=O) groups excluding carboxylic acids is 3. The molecular formula is C29H38F3N3O7. The molecule has 0 aliphatic carbocycles. The van der Waals surface area contributed by atoms with E-state index in [1.54, 1.807) is 25.2 Å². The number of aromatic nitrogens is 1. The summed E-state index contributed by atoms with van der Waals surface area (Å²) in [5.74, 6) is -2.16. The predicted octanol–water partition coefficient (Wildman–Crippen LogP) is 3.87. The fourth-order valence-electron chi connectivity index (χ4n) is 5.03. The fourth-order valence-corrected chi connectivity index (χ4v) is 5.03. The molecule has 3 heterocycles. The molecule has 0 unspecified atom stereocenters. The van der Waals surface area contributed by atoms with Crippen molar-refractivity contribution in [2.45, 2.75) is 84.1 Å². The molecule has 2 amide bonds. The second-order valence-corrected chi connectivity index (χ2v) is 10.9. The molecule has 0 saturated carbocycles. The van der Waals surface area contributed by atoms with E-state index in [-0.39, 0.29) is 42.4 Å². The first kappa shape index (κ1) is 33.1. The predicted molar refractivity (Wildman–Crippen MR) is 145 cm³/mol. The van der Waals surface area contributed by atoms with Gasteiger partial charge in [-0.3, -0.25) is 14.3 Å². The number of carbonyl (C=O) groups is 3. The van der Waals surface area contributed by atoms with Gasteiger partial charge in [0.1, 0.15) is 18.4 Å². The normalized spacial score (nSPS) is 28.2. The average molecular weight is 598 g/mol. The van der Waals surface area contributed by atoms with E-state index >= 15 is 0 Å². The zero-order chi connectivity index (χ0) is 31.0. The van der Waals surface area contributed by atoms with E-state index in [9.17, 15) is 32.7 Å². The number of fused-ring (bicyclic) bond motifs is 3. The van der Waals surface area contributed by atoms with Crippen LogP contribution in [0.2, 0.25) is 0 Å². The first-order valence-electron chi connectivity index (χ1n) is 13.9. The minimum Gasteiger partial charge on any atom is -0.460 e. The Morgan fingerprint density at radius 3 is 2.64 bits per heavy atom. The lowest BCUT2D eigenvalue weighted by Gasteiger charge is -2.29. The molecule has 2 N–H and O–H groups in total. The first-order valence-corrected chi connectivity index (χ1v) is 13.9. The van der Waals surface area contributed by atoms with Crippen molar-refractivity contribution in [1.29, 1.82) is 0 Å². The summed E-state index contributed by atoms with van der Waals surface area (Å²) >= 11 is 0. The summed E-state index contributed by atoms with van der Waals surface area (Å²) in [6.07, 6.45) is 0.231. The first-order chi connectivity index (χ1) is 19.7. The van der Waals surface area contributed by atoms with E-state index in [1.165, 1.54) is 17.1 Å². The lowest BCUT2D eigenvalue weighted by molar-refractivity contribution is -0.344. The Balaban J connectivity index is 1.91. The highest BCUT2D eigenvalue weighted by Crippen LogP contribution is 2.27. The van der Waals surface area contributed by atoms with Crippen molar-refractivity contribution >= 4 is 17.8 Å². The number of aliphatic hydroxyl groups is 1. The number of esters is 1. The molecule has 1 saturated heterocycles. The Labute approximate surface area is 242 Å². The van der Waals surface area contributed by atoms with Gasteiger partial charge in [0.15, 0.2) is 11.6 Å². The molecule has 1 aromatic heterocycles. The molecule has 2 bridgehead atoms. The Hall–Kier alpha value is -3.45. The third-order valence-corrected chi connectivity index (χ3v) is 6.97. The van der Waals surface area contributed by atoms with Gasteiger partial charge in [-0.05, 0) is 31.8 Å². The van der Waals surface area contributed by atoms with Crippen LogP contribution < -0.4 is 5.32 Å². The van der Waals surface area contributed by atoms with E-state index in [4.69, 9.17) is 9.15 Å². The van der Waals surface area contributed by atoms with Gasteiger partial charge in [0.25, 0.3) is 5.91 Å². The summed E-state index contributed by atoms with van der Waals surface area (Å²) in [5.41, 5.74) is 0.383. The quantitative estimate of drug-likeness (QED) is 0.492. The summed E-state index contributed by atoms with van der Waals surface area (Å²) in [7, 11) is 0. The molecule has 0 aromatic carbocycles. The van der Waals surface area contributed by atoms with Crippen molar-refractivity contribution in [1.82, 2.24) is 15.2 Å². The van der Waals surface area contributed by atoms with Gasteiger partial charge in [-0.15, -0.1) is 13.2 Å². The molecular weight excluding hydrogens is 559 g/mol. The van der Waals surface area contributed by atoms with Gasteiger partial charge in [-0.2, -0.15) is 0 Å². The number of nitrogens with zero attached hydrogens (tertiary/aromatic N) is 2. The number of aliphatic hydroxyl groups excluding tert-OH is 1. The zero-order valence-electron chi connectivity index (χ0n) is 24.1. The van der Waals surface area contributed by atoms with Crippen molar-refractivity contribution in [2.75, 3.05) is 13.1 Å². The molecule has 42 heavy (non-hydrogen) atoms. The third-order valence-electron chi connectivity index (χ3n) is 6.97. The highest BCUT2D eigenvalue weighted by atomic mass is 19.4. The molecule has 3 rings (SSSR count).